The number of piperazine rings is 1. The summed E-state index contributed by atoms with van der Waals surface area (Å²) in [5.41, 5.74) is 3.57. The van der Waals surface area contributed by atoms with Crippen LogP contribution in [-0.2, 0) is 35.6 Å². The molecule has 0 radical (unpaired) electrons. The van der Waals surface area contributed by atoms with Gasteiger partial charge < -0.3 is 30.9 Å². The van der Waals surface area contributed by atoms with E-state index in [0.29, 0.717) is 24.2 Å². The minimum Gasteiger partial charge on any atom is -0.508 e. The topological polar surface area (TPSA) is 166 Å². The number of hydrogen-bond donors (Lipinski definition) is 4. The van der Waals surface area contributed by atoms with Crippen LogP contribution in [0.2, 0.25) is 0 Å². The highest BCUT2D eigenvalue weighted by molar-refractivity contribution is 6.08. The van der Waals surface area contributed by atoms with Gasteiger partial charge in [-0.05, 0) is 47.7 Å². The SMILES string of the molecule is C=CC[NH2+]CC(=O)N1[C@@H](NC(=O)NCc2ccccc2)CN(Cc2cccc3c(C(=O)C4CC4)nn(CC=NC)c23)C(=O)[C@@H]1Cc1ccc(O)cc1. The molecule has 2 heterocycles. The first-order chi connectivity index (χ1) is 25.3. The van der Waals surface area contributed by atoms with Gasteiger partial charge in [0.15, 0.2) is 12.3 Å². The van der Waals surface area contributed by atoms with E-state index in [1.54, 1.807) is 58.5 Å². The van der Waals surface area contributed by atoms with Crippen molar-refractivity contribution in [2.45, 2.75) is 51.1 Å². The third kappa shape index (κ3) is 8.37. The maximum absolute atomic E-state index is 14.6. The van der Waals surface area contributed by atoms with Crippen LogP contribution in [-0.4, -0.2) is 93.4 Å². The molecule has 0 bridgehead atoms. The van der Waals surface area contributed by atoms with Gasteiger partial charge in [0.2, 0.25) is 5.91 Å². The van der Waals surface area contributed by atoms with Crippen molar-refractivity contribution in [2.75, 3.05) is 26.7 Å². The van der Waals surface area contributed by atoms with Crippen LogP contribution in [0.3, 0.4) is 0 Å². The van der Waals surface area contributed by atoms with E-state index in [0.717, 1.165) is 35.0 Å². The van der Waals surface area contributed by atoms with Crippen molar-refractivity contribution in [3.05, 3.63) is 108 Å². The van der Waals surface area contributed by atoms with Gasteiger partial charge in [-0.1, -0.05) is 67.2 Å². The Morgan fingerprint density at radius 2 is 1.81 bits per heavy atom. The Bertz CT molecular complexity index is 1950. The Kier molecular flexibility index (Phi) is 11.4. The third-order valence-electron chi connectivity index (χ3n) is 9.39. The number of hydrogen-bond acceptors (Lipinski definition) is 7. The molecule has 5 N–H and O–H groups in total. The average Bonchev–Trinajstić information content (AvgIpc) is 3.94. The molecule has 270 valence electrons. The summed E-state index contributed by atoms with van der Waals surface area (Å²) < 4.78 is 1.76. The summed E-state index contributed by atoms with van der Waals surface area (Å²) in [5.74, 6) is -0.522. The first kappa shape index (κ1) is 36.0. The summed E-state index contributed by atoms with van der Waals surface area (Å²) >= 11 is 0. The van der Waals surface area contributed by atoms with Crippen LogP contribution in [0.25, 0.3) is 10.9 Å². The number of fused-ring (bicyclic) bond motifs is 1. The monoisotopic (exact) mass is 705 g/mol. The minimum atomic E-state index is -0.967. The highest BCUT2D eigenvalue weighted by atomic mass is 16.3. The average molecular weight is 706 g/mol. The van der Waals surface area contributed by atoms with Crippen LogP contribution in [0.5, 0.6) is 5.75 Å². The highest BCUT2D eigenvalue weighted by Crippen LogP contribution is 2.35. The summed E-state index contributed by atoms with van der Waals surface area (Å²) in [7, 11) is 1.68. The number of nitrogens with one attached hydrogen (secondary N) is 2. The minimum absolute atomic E-state index is 0.0190. The fourth-order valence-corrected chi connectivity index (χ4v) is 6.65. The van der Waals surface area contributed by atoms with Gasteiger partial charge >= 0.3 is 6.03 Å². The fraction of sp³-hybridized carbons (Fsp3) is 0.333. The second kappa shape index (κ2) is 16.5. The Hall–Kier alpha value is -5.82. The normalized spacial score (nSPS) is 17.4. The van der Waals surface area contributed by atoms with E-state index in [4.69, 9.17) is 5.10 Å². The summed E-state index contributed by atoms with van der Waals surface area (Å²) in [6.45, 7) is 5.07. The first-order valence-electron chi connectivity index (χ1n) is 17.6. The predicted octanol–water partition coefficient (Wildman–Crippen LogP) is 2.39. The number of carbonyl (C=O) groups excluding carboxylic acids is 4. The number of Topliss-reactive ketones (excluding diaryl/α,β-unsaturated/α-hetero) is 1. The maximum Gasteiger partial charge on any atom is 0.316 e. The number of carbonyl (C=O) groups is 4. The molecule has 3 aromatic carbocycles. The molecule has 1 aliphatic carbocycles. The molecule has 13 heteroatoms. The molecule has 1 aromatic heterocycles. The lowest BCUT2D eigenvalue weighted by atomic mass is 9.98. The number of phenolic OH excluding ortho intramolecular Hbond substituents is 1. The number of benzene rings is 3. The molecule has 52 heavy (non-hydrogen) atoms. The van der Waals surface area contributed by atoms with E-state index in [1.165, 1.54) is 4.90 Å². The second-order valence-corrected chi connectivity index (χ2v) is 13.2. The molecule has 2 fully saturated rings. The number of para-hydroxylation sites is 1. The number of aromatic nitrogens is 2. The molecule has 2 atom stereocenters. The van der Waals surface area contributed by atoms with E-state index in [1.807, 2.05) is 48.5 Å². The zero-order chi connectivity index (χ0) is 36.6. The first-order valence-corrected chi connectivity index (χ1v) is 17.6. The van der Waals surface area contributed by atoms with Crippen molar-refractivity contribution < 1.29 is 29.6 Å². The Morgan fingerprint density at radius 1 is 1.04 bits per heavy atom. The van der Waals surface area contributed by atoms with Gasteiger partial charge in [0, 0.05) is 44.1 Å². The van der Waals surface area contributed by atoms with E-state index < -0.39 is 18.2 Å². The highest BCUT2D eigenvalue weighted by Gasteiger charge is 2.44. The number of ketones is 1. The van der Waals surface area contributed by atoms with Crippen molar-refractivity contribution in [3.8, 4) is 5.75 Å². The molecular formula is C39H45N8O5+. The second-order valence-electron chi connectivity index (χ2n) is 13.2. The third-order valence-corrected chi connectivity index (χ3v) is 9.39. The molecule has 4 amide bonds. The number of urea groups is 1. The number of aliphatic imine (C=N–C) groups is 1. The molecular weight excluding hydrogens is 660 g/mol. The Labute approximate surface area is 302 Å². The van der Waals surface area contributed by atoms with Crippen LogP contribution in [0.1, 0.15) is 40.0 Å². The van der Waals surface area contributed by atoms with Crippen molar-refractivity contribution in [3.63, 3.8) is 0 Å². The molecule has 6 rings (SSSR count). The molecule has 1 saturated heterocycles. The number of quaternary nitrogens is 1. The van der Waals surface area contributed by atoms with Crippen LogP contribution in [0.15, 0.2) is 90.4 Å². The lowest BCUT2D eigenvalue weighted by molar-refractivity contribution is -0.635. The van der Waals surface area contributed by atoms with Gasteiger partial charge in [-0.3, -0.25) is 24.1 Å². The van der Waals surface area contributed by atoms with Gasteiger partial charge in [-0.2, -0.15) is 5.10 Å². The van der Waals surface area contributed by atoms with E-state index in [2.05, 4.69) is 22.2 Å². The number of rotatable bonds is 15. The quantitative estimate of drug-likeness (QED) is 0.0642. The smallest absolute Gasteiger partial charge is 0.316 e. The van der Waals surface area contributed by atoms with Gasteiger partial charge in [0.25, 0.3) is 5.91 Å². The molecule has 1 saturated carbocycles. The van der Waals surface area contributed by atoms with Gasteiger partial charge in [-0.25, -0.2) is 4.79 Å². The van der Waals surface area contributed by atoms with Crippen LogP contribution < -0.4 is 16.0 Å². The van der Waals surface area contributed by atoms with E-state index >= 15 is 0 Å². The summed E-state index contributed by atoms with van der Waals surface area (Å²) in [5, 5.41) is 23.1. The van der Waals surface area contributed by atoms with Crippen molar-refractivity contribution in [1.82, 2.24) is 30.2 Å². The van der Waals surface area contributed by atoms with Crippen molar-refractivity contribution in [1.29, 1.82) is 0 Å². The van der Waals surface area contributed by atoms with Gasteiger partial charge in [-0.15, -0.1) is 0 Å². The maximum atomic E-state index is 14.6. The summed E-state index contributed by atoms with van der Waals surface area (Å²) in [6, 6.07) is 20.2. The molecule has 0 spiro atoms. The predicted molar refractivity (Wildman–Crippen MR) is 197 cm³/mol. The zero-order valence-electron chi connectivity index (χ0n) is 29.3. The van der Waals surface area contributed by atoms with Gasteiger partial charge in [0.05, 0.1) is 25.2 Å². The standard InChI is InChI=1S/C39H44N8O5/c1-3-18-41-23-34(49)47-32(21-26-12-16-30(48)17-13-26)38(51)45(25-33(47)43-39(52)42-22-27-8-5-4-6-9-27)24-29-10-7-11-31-35(37(50)28-14-15-28)44-46(36(29)31)20-19-40-2/h3-13,16-17,19,28,32-33,41,48H,1,14-15,18,20-25H2,2H3,(H2,42,43,52)/p+1/t32-,33+/m0/s1. The number of phenols is 1. The zero-order valence-corrected chi connectivity index (χ0v) is 29.3. The number of amides is 4. The number of nitrogens with two attached hydrogens (primary N) is 1. The summed E-state index contributed by atoms with van der Waals surface area (Å²) in [4.78, 5) is 62.6. The Balaban J connectivity index is 1.36. The van der Waals surface area contributed by atoms with Crippen LogP contribution in [0.4, 0.5) is 4.79 Å². The van der Waals surface area contributed by atoms with Gasteiger partial charge in [0.1, 0.15) is 23.7 Å². The molecule has 13 nitrogen and oxygen atoms in total. The molecule has 2 aliphatic rings. The molecule has 4 aromatic rings. The lowest BCUT2D eigenvalue weighted by Gasteiger charge is -2.46. The van der Waals surface area contributed by atoms with Crippen LogP contribution >= 0.6 is 0 Å². The largest absolute Gasteiger partial charge is 0.508 e. The number of nitrogens with zero attached hydrogens (tertiary/aromatic N) is 5. The lowest BCUT2D eigenvalue weighted by Crippen LogP contribution is -2.87. The number of aromatic hydroxyl groups is 1. The van der Waals surface area contributed by atoms with Crippen LogP contribution in [0, 0.1) is 5.92 Å². The van der Waals surface area contributed by atoms with E-state index in [9.17, 15) is 24.3 Å². The molecule has 0 unspecified atom stereocenters. The van der Waals surface area contributed by atoms with Crippen molar-refractivity contribution in [2.24, 2.45) is 10.9 Å². The van der Waals surface area contributed by atoms with Crippen molar-refractivity contribution >= 4 is 40.7 Å². The fourth-order valence-electron chi connectivity index (χ4n) is 6.65. The Morgan fingerprint density at radius 3 is 2.52 bits per heavy atom. The summed E-state index contributed by atoms with van der Waals surface area (Å²) in [6.07, 6.45) is 4.39. The molecule has 1 aliphatic heterocycles. The van der Waals surface area contributed by atoms with E-state index in [-0.39, 0.29) is 61.9 Å².